The summed E-state index contributed by atoms with van der Waals surface area (Å²) in [6.07, 6.45) is 9.41. The molecule has 4 rings (SSSR count). The fourth-order valence-corrected chi connectivity index (χ4v) is 6.23. The Morgan fingerprint density at radius 1 is 1.19 bits per heavy atom. The van der Waals surface area contributed by atoms with Crippen LogP contribution in [0, 0.1) is 29.1 Å². The van der Waals surface area contributed by atoms with Crippen molar-refractivity contribution in [3.05, 3.63) is 27.5 Å². The van der Waals surface area contributed by atoms with Crippen LogP contribution in [-0.2, 0) is 14.3 Å². The standard InChI is InChI=1S/C30H41NO5S/c1-20-5-9-22(10-6-20)28(32)31(23-11-7-21(8-12-23)18-36-24-14-16-35-19-24)26-17-25(13-15-30(2,3)4)37-27(26)29(33)34/h5,17,21-24H,6-12,14,16,18-19H2,1-4H3,(H,33,34)/t21?,22-,23?,24-/m0/s1. The van der Waals surface area contributed by atoms with Gasteiger partial charge >= 0.3 is 5.97 Å². The molecule has 202 valence electrons. The first-order chi connectivity index (χ1) is 17.6. The predicted molar refractivity (Wildman–Crippen MR) is 147 cm³/mol. The topological polar surface area (TPSA) is 76.1 Å². The number of carboxylic acids is 1. The average molecular weight is 528 g/mol. The van der Waals surface area contributed by atoms with E-state index in [4.69, 9.17) is 9.47 Å². The molecule has 1 aromatic heterocycles. The highest BCUT2D eigenvalue weighted by Gasteiger charge is 2.37. The van der Waals surface area contributed by atoms with Crippen LogP contribution in [0.3, 0.4) is 0 Å². The molecule has 0 unspecified atom stereocenters. The smallest absolute Gasteiger partial charge is 0.348 e. The first kappa shape index (κ1) is 27.9. The average Bonchev–Trinajstić information content (AvgIpc) is 3.53. The number of nitrogens with zero attached hydrogens (tertiary/aromatic N) is 1. The van der Waals surface area contributed by atoms with Gasteiger partial charge in [0.2, 0.25) is 5.91 Å². The van der Waals surface area contributed by atoms with Crippen molar-refractivity contribution in [2.24, 2.45) is 17.3 Å². The lowest BCUT2D eigenvalue weighted by molar-refractivity contribution is -0.123. The van der Waals surface area contributed by atoms with E-state index < -0.39 is 5.97 Å². The number of carbonyl (C=O) groups excluding carboxylic acids is 1. The summed E-state index contributed by atoms with van der Waals surface area (Å²) in [5.41, 5.74) is 1.65. The Morgan fingerprint density at radius 3 is 2.54 bits per heavy atom. The lowest BCUT2D eigenvalue weighted by atomic mass is 9.83. The van der Waals surface area contributed by atoms with E-state index in [9.17, 15) is 14.7 Å². The summed E-state index contributed by atoms with van der Waals surface area (Å²) in [6.45, 7) is 10.4. The number of thiophene rings is 1. The number of rotatable bonds is 7. The van der Waals surface area contributed by atoms with E-state index in [0.717, 1.165) is 64.6 Å². The number of allylic oxidation sites excluding steroid dienone is 2. The summed E-state index contributed by atoms with van der Waals surface area (Å²) in [6, 6.07) is 1.82. The highest BCUT2D eigenvalue weighted by molar-refractivity contribution is 7.15. The molecular weight excluding hydrogens is 486 g/mol. The highest BCUT2D eigenvalue weighted by atomic mass is 32.1. The van der Waals surface area contributed by atoms with Crippen LogP contribution in [0.25, 0.3) is 0 Å². The number of carbonyl (C=O) groups is 2. The summed E-state index contributed by atoms with van der Waals surface area (Å²) >= 11 is 1.18. The molecule has 2 atom stereocenters. The minimum absolute atomic E-state index is 0.0123. The van der Waals surface area contributed by atoms with Gasteiger partial charge in [-0.1, -0.05) is 23.5 Å². The molecular formula is C30H41NO5S. The van der Waals surface area contributed by atoms with E-state index in [1.807, 2.05) is 31.7 Å². The van der Waals surface area contributed by atoms with Crippen LogP contribution in [0.15, 0.2) is 17.7 Å². The number of amides is 1. The van der Waals surface area contributed by atoms with Gasteiger partial charge in [-0.05, 0) is 91.0 Å². The van der Waals surface area contributed by atoms with Gasteiger partial charge in [0.15, 0.2) is 0 Å². The number of hydrogen-bond donors (Lipinski definition) is 1. The Morgan fingerprint density at radius 2 is 1.95 bits per heavy atom. The summed E-state index contributed by atoms with van der Waals surface area (Å²) in [4.78, 5) is 29.1. The number of ether oxygens (including phenoxy) is 2. The third-order valence-corrected chi connectivity index (χ3v) is 8.62. The molecule has 6 nitrogen and oxygen atoms in total. The molecule has 2 aliphatic carbocycles. The number of aromatic carboxylic acids is 1. The fourth-order valence-electron chi connectivity index (χ4n) is 5.39. The van der Waals surface area contributed by atoms with E-state index in [1.165, 1.54) is 16.9 Å². The molecule has 1 amide bonds. The minimum Gasteiger partial charge on any atom is -0.477 e. The number of anilines is 1. The van der Waals surface area contributed by atoms with Gasteiger partial charge in [0.25, 0.3) is 0 Å². The lowest BCUT2D eigenvalue weighted by Gasteiger charge is -2.39. The van der Waals surface area contributed by atoms with Crippen LogP contribution in [0.1, 0.15) is 93.6 Å². The quantitative estimate of drug-likeness (QED) is 0.333. The zero-order valence-electron chi connectivity index (χ0n) is 22.7. The van der Waals surface area contributed by atoms with Crippen molar-refractivity contribution < 1.29 is 24.2 Å². The maximum atomic E-state index is 14.0. The molecule has 1 saturated heterocycles. The van der Waals surface area contributed by atoms with E-state index in [2.05, 4.69) is 24.8 Å². The van der Waals surface area contributed by atoms with Crippen LogP contribution >= 0.6 is 11.3 Å². The molecule has 1 N–H and O–H groups in total. The molecule has 2 fully saturated rings. The normalized spacial score (nSPS) is 26.2. The second kappa shape index (κ2) is 12.1. The van der Waals surface area contributed by atoms with Gasteiger partial charge in [0.1, 0.15) is 4.88 Å². The van der Waals surface area contributed by atoms with Crippen LogP contribution in [0.2, 0.25) is 0 Å². The monoisotopic (exact) mass is 527 g/mol. The van der Waals surface area contributed by atoms with Gasteiger partial charge in [0, 0.05) is 30.6 Å². The van der Waals surface area contributed by atoms with E-state index in [-0.39, 0.29) is 34.3 Å². The van der Waals surface area contributed by atoms with Gasteiger partial charge in [-0.2, -0.15) is 0 Å². The van der Waals surface area contributed by atoms with Crippen molar-refractivity contribution in [2.45, 2.75) is 91.2 Å². The number of hydrogen-bond acceptors (Lipinski definition) is 5. The maximum absolute atomic E-state index is 14.0. The van der Waals surface area contributed by atoms with Crippen molar-refractivity contribution in [1.82, 2.24) is 0 Å². The van der Waals surface area contributed by atoms with E-state index in [0.29, 0.717) is 23.1 Å². The summed E-state index contributed by atoms with van der Waals surface area (Å²) in [5.74, 6) is 5.78. The van der Waals surface area contributed by atoms with Crippen LogP contribution in [-0.4, -0.2) is 48.9 Å². The molecule has 0 spiro atoms. The molecule has 37 heavy (non-hydrogen) atoms. The maximum Gasteiger partial charge on any atom is 0.348 e. The van der Waals surface area contributed by atoms with Crippen molar-refractivity contribution in [2.75, 3.05) is 24.7 Å². The third kappa shape index (κ3) is 7.46. The van der Waals surface area contributed by atoms with Gasteiger partial charge in [-0.25, -0.2) is 4.79 Å². The second-order valence-electron chi connectivity index (χ2n) is 11.9. The largest absolute Gasteiger partial charge is 0.477 e. The summed E-state index contributed by atoms with van der Waals surface area (Å²) in [7, 11) is 0. The second-order valence-corrected chi connectivity index (χ2v) is 12.9. The minimum atomic E-state index is -0.998. The Balaban J connectivity index is 1.57. The molecule has 0 aromatic carbocycles. The fraction of sp³-hybridized carbons (Fsp3) is 0.667. The molecule has 3 aliphatic rings. The molecule has 7 heteroatoms. The van der Waals surface area contributed by atoms with Crippen LogP contribution in [0.4, 0.5) is 5.69 Å². The molecule has 1 aromatic rings. The summed E-state index contributed by atoms with van der Waals surface area (Å²) < 4.78 is 11.5. The van der Waals surface area contributed by atoms with E-state index in [1.54, 1.807) is 0 Å². The van der Waals surface area contributed by atoms with Crippen LogP contribution in [0.5, 0.6) is 0 Å². The lowest BCUT2D eigenvalue weighted by Crippen LogP contribution is -2.46. The van der Waals surface area contributed by atoms with E-state index >= 15 is 0 Å². The van der Waals surface area contributed by atoms with Gasteiger partial charge in [-0.3, -0.25) is 4.79 Å². The summed E-state index contributed by atoms with van der Waals surface area (Å²) in [5, 5.41) is 10.1. The molecule has 1 aliphatic heterocycles. The molecule has 0 radical (unpaired) electrons. The van der Waals surface area contributed by atoms with Gasteiger partial charge < -0.3 is 19.5 Å². The van der Waals surface area contributed by atoms with Crippen molar-refractivity contribution in [3.8, 4) is 11.8 Å². The Labute approximate surface area is 225 Å². The van der Waals surface area contributed by atoms with Crippen LogP contribution < -0.4 is 4.90 Å². The molecule has 1 saturated carbocycles. The van der Waals surface area contributed by atoms with Crippen molar-refractivity contribution in [3.63, 3.8) is 0 Å². The zero-order valence-corrected chi connectivity index (χ0v) is 23.5. The van der Waals surface area contributed by atoms with Crippen molar-refractivity contribution >= 4 is 28.9 Å². The third-order valence-electron chi connectivity index (χ3n) is 7.59. The Hall–Kier alpha value is -2.14. The Kier molecular flexibility index (Phi) is 9.15. The predicted octanol–water partition coefficient (Wildman–Crippen LogP) is 6.29. The number of carboxylic acid groups (broad SMARTS) is 1. The Bertz CT molecular complexity index is 1060. The highest BCUT2D eigenvalue weighted by Crippen LogP contribution is 2.39. The molecule has 0 bridgehead atoms. The SMILES string of the molecule is CC1=CC[C@H](C(=O)N(c2cc(C#CC(C)(C)C)sc2C(=O)O)C2CCC(CO[C@H]3CCOC3)CC2)CC1. The van der Waals surface area contributed by atoms with Gasteiger partial charge in [-0.15, -0.1) is 11.3 Å². The van der Waals surface area contributed by atoms with Gasteiger partial charge in [0.05, 0.1) is 23.3 Å². The van der Waals surface area contributed by atoms with Crippen molar-refractivity contribution in [1.29, 1.82) is 0 Å². The first-order valence-corrected chi connectivity index (χ1v) is 14.5. The first-order valence-electron chi connectivity index (χ1n) is 13.7. The zero-order chi connectivity index (χ0) is 26.6. The molecule has 2 heterocycles.